The Morgan fingerprint density at radius 1 is 0.310 bits per heavy atom. The standard InChI is InChI=1S/C78H64B2N2Si2/c1-52-46-54(3)76(55(4)47-52)79-64-34-19-21-37-67(64)81-69-39-23-24-40-72(69)83(60-26-11-7-12-27-60,61-28-13-8-14-29-61)74-50-58(42-44-70(74)81)59-43-45-71-75(51-59)84(62-30-15-9-16-31-62,63-32-17-10-18-33-63)73-41-25-36-66-78(73)82(71)68-38-22-20-35-65(68)80(66)77-56(5)48-53(2)49-57(77)6/h7-51,79H,1-6H3. The number of benzene rings is 12. The van der Waals surface area contributed by atoms with Crippen LogP contribution < -0.4 is 78.6 Å². The molecule has 0 saturated heterocycles. The van der Waals surface area contributed by atoms with Crippen LogP contribution >= 0.6 is 0 Å². The molecule has 0 radical (unpaired) electrons. The second kappa shape index (κ2) is 20.3. The van der Waals surface area contributed by atoms with Crippen LogP contribution in [-0.2, 0) is 0 Å². The van der Waals surface area contributed by atoms with Crippen molar-refractivity contribution in [2.45, 2.75) is 41.5 Å². The van der Waals surface area contributed by atoms with E-state index in [4.69, 9.17) is 0 Å². The molecule has 0 saturated carbocycles. The van der Waals surface area contributed by atoms with Crippen LogP contribution in [0.5, 0.6) is 0 Å². The van der Waals surface area contributed by atoms with Gasteiger partial charge in [0, 0.05) is 34.1 Å². The van der Waals surface area contributed by atoms with Gasteiger partial charge in [0.2, 0.25) is 6.71 Å². The molecule has 0 aromatic heterocycles. The Morgan fingerprint density at radius 3 is 1.26 bits per heavy atom. The van der Waals surface area contributed by atoms with Crippen molar-refractivity contribution in [2.24, 2.45) is 0 Å². The van der Waals surface area contributed by atoms with E-state index in [9.17, 15) is 0 Å². The van der Waals surface area contributed by atoms with E-state index in [-0.39, 0.29) is 6.71 Å². The second-order valence-electron chi connectivity index (χ2n) is 23.8. The fourth-order valence-electron chi connectivity index (χ4n) is 15.8. The zero-order valence-corrected chi connectivity index (χ0v) is 50.7. The molecule has 2 nitrogen and oxygen atoms in total. The van der Waals surface area contributed by atoms with Crippen LogP contribution in [0.4, 0.5) is 34.1 Å². The van der Waals surface area contributed by atoms with Crippen LogP contribution in [0.25, 0.3) is 11.1 Å². The van der Waals surface area contributed by atoms with E-state index in [1.807, 2.05) is 0 Å². The van der Waals surface area contributed by atoms with Gasteiger partial charge in [-0.15, -0.1) is 0 Å². The number of nitrogens with zero attached hydrogens (tertiary/aromatic N) is 2. The minimum atomic E-state index is -3.14. The van der Waals surface area contributed by atoms with Gasteiger partial charge in [-0.05, 0) is 135 Å². The van der Waals surface area contributed by atoms with Gasteiger partial charge in [-0.3, -0.25) is 0 Å². The largest absolute Gasteiger partial charge is 0.312 e. The summed E-state index contributed by atoms with van der Waals surface area (Å²) in [7, 11) is -5.39. The summed E-state index contributed by atoms with van der Waals surface area (Å²) in [4.78, 5) is 5.28. The molecule has 3 aliphatic heterocycles. The lowest BCUT2D eigenvalue weighted by Crippen LogP contribution is -2.78. The molecule has 3 aliphatic rings. The van der Waals surface area contributed by atoms with Crippen LogP contribution in [-0.4, -0.2) is 30.1 Å². The van der Waals surface area contributed by atoms with Gasteiger partial charge in [0.1, 0.15) is 0 Å². The lowest BCUT2D eigenvalue weighted by Gasteiger charge is -2.49. The number of hydrogen-bond donors (Lipinski definition) is 0. The number of aryl methyl sites for hydroxylation is 6. The fraction of sp³-hybridized carbons (Fsp3) is 0.0769. The molecule has 0 N–H and O–H groups in total. The van der Waals surface area contributed by atoms with Crippen molar-refractivity contribution >= 4 is 133 Å². The van der Waals surface area contributed by atoms with Gasteiger partial charge in [-0.1, -0.05) is 292 Å². The highest BCUT2D eigenvalue weighted by atomic mass is 28.3. The van der Waals surface area contributed by atoms with Crippen molar-refractivity contribution < 1.29 is 0 Å². The van der Waals surface area contributed by atoms with Crippen molar-refractivity contribution in [3.05, 3.63) is 306 Å². The molecule has 0 amide bonds. The first-order valence-corrected chi connectivity index (χ1v) is 33.8. The molecule has 0 fully saturated rings. The highest BCUT2D eigenvalue weighted by molar-refractivity contribution is 7.22. The number of para-hydroxylation sites is 4. The highest BCUT2D eigenvalue weighted by Crippen LogP contribution is 2.43. The van der Waals surface area contributed by atoms with Gasteiger partial charge in [0.25, 0.3) is 0 Å². The topological polar surface area (TPSA) is 6.48 Å². The number of fused-ring (bicyclic) bond motifs is 6. The summed E-state index contributed by atoms with van der Waals surface area (Å²) < 4.78 is 0. The predicted molar refractivity (Wildman–Crippen MR) is 368 cm³/mol. The maximum atomic E-state index is 2.66. The van der Waals surface area contributed by atoms with Crippen LogP contribution in [0, 0.1) is 41.5 Å². The molecule has 15 rings (SSSR count). The molecule has 0 spiro atoms. The highest BCUT2D eigenvalue weighted by Gasteiger charge is 2.53. The van der Waals surface area contributed by atoms with E-state index < -0.39 is 16.1 Å². The number of hydrogen-bond acceptors (Lipinski definition) is 2. The summed E-state index contributed by atoms with van der Waals surface area (Å²) >= 11 is 0. The van der Waals surface area contributed by atoms with Gasteiger partial charge >= 0.3 is 0 Å². The van der Waals surface area contributed by atoms with Crippen molar-refractivity contribution in [2.75, 3.05) is 9.80 Å². The normalized spacial score (nSPS) is 14.0. The summed E-state index contributed by atoms with van der Waals surface area (Å²) in [5.41, 5.74) is 24.8. The molecule has 12 aromatic rings. The summed E-state index contributed by atoms with van der Waals surface area (Å²) in [6.45, 7) is 13.7. The smallest absolute Gasteiger partial charge is 0.247 e. The van der Waals surface area contributed by atoms with Crippen LogP contribution in [0.3, 0.4) is 0 Å². The average molecular weight is 1110 g/mol. The quantitative estimate of drug-likeness (QED) is 0.133. The third-order valence-electron chi connectivity index (χ3n) is 19.0. The van der Waals surface area contributed by atoms with E-state index in [0.717, 1.165) is 7.28 Å². The van der Waals surface area contributed by atoms with Crippen molar-refractivity contribution in [3.63, 3.8) is 0 Å². The molecule has 0 bridgehead atoms. The molecule has 6 heteroatoms. The first kappa shape index (κ1) is 51.7. The van der Waals surface area contributed by atoms with Crippen LogP contribution in [0.1, 0.15) is 33.4 Å². The molecule has 0 unspecified atom stereocenters. The Hall–Kier alpha value is -9.20. The van der Waals surface area contributed by atoms with Crippen molar-refractivity contribution in [3.8, 4) is 11.1 Å². The summed E-state index contributed by atoms with van der Waals surface area (Å²) in [6.07, 6.45) is 0. The molecule has 0 aliphatic carbocycles. The SMILES string of the molecule is Cc1cc(C)c(Bc2ccccc2N2c3ccccc3[Si](c3ccccc3)(c3ccccc3)c3cc(-c4ccc5c(c4)[Si](c4ccccc4)(c4ccccc4)c4cccc6c4N5c4ccccc4B6c4c(C)cc(C)cc4C)ccc32)c(C)c1. The minimum Gasteiger partial charge on any atom is -0.312 e. The zero-order chi connectivity index (χ0) is 56.8. The van der Waals surface area contributed by atoms with E-state index in [1.165, 1.54) is 147 Å². The fourth-order valence-corrected chi connectivity index (χ4v) is 26.0. The zero-order valence-electron chi connectivity index (χ0n) is 48.7. The van der Waals surface area contributed by atoms with E-state index in [0.29, 0.717) is 0 Å². The monoisotopic (exact) mass is 1110 g/mol. The predicted octanol–water partition coefficient (Wildman–Crippen LogP) is 9.74. The Bertz CT molecular complexity index is 4380. The Labute approximate surface area is 498 Å². The summed E-state index contributed by atoms with van der Waals surface area (Å²) in [5.74, 6) is 0. The van der Waals surface area contributed by atoms with Crippen molar-refractivity contribution in [1.29, 1.82) is 0 Å². The third kappa shape index (κ3) is 7.77. The molecule has 3 heterocycles. The minimum absolute atomic E-state index is 0.0636. The molecule has 84 heavy (non-hydrogen) atoms. The second-order valence-corrected chi connectivity index (χ2v) is 31.3. The maximum Gasteiger partial charge on any atom is 0.247 e. The first-order chi connectivity index (χ1) is 41.2. The number of anilines is 6. The lowest BCUT2D eigenvalue weighted by atomic mass is 9.34. The molecule has 0 atom stereocenters. The molecular formula is C78H64B2N2Si2. The van der Waals surface area contributed by atoms with E-state index >= 15 is 0 Å². The first-order valence-electron chi connectivity index (χ1n) is 29.8. The number of rotatable bonds is 9. The van der Waals surface area contributed by atoms with Gasteiger partial charge in [-0.25, -0.2) is 0 Å². The molecule has 12 aromatic carbocycles. The lowest BCUT2D eigenvalue weighted by molar-refractivity contribution is 1.29. The molecule has 400 valence electrons. The maximum absolute atomic E-state index is 3.14. The Morgan fingerprint density at radius 2 is 0.714 bits per heavy atom. The van der Waals surface area contributed by atoms with E-state index in [2.05, 4.69) is 324 Å². The van der Waals surface area contributed by atoms with Gasteiger partial charge in [0.05, 0.1) is 0 Å². The summed E-state index contributed by atoms with van der Waals surface area (Å²) in [5, 5.41) is 11.1. The van der Waals surface area contributed by atoms with Crippen LogP contribution in [0.15, 0.2) is 273 Å². The average Bonchev–Trinajstić information content (AvgIpc) is 1.27. The Kier molecular flexibility index (Phi) is 12.5. The molecular weight excluding hydrogens is 1040 g/mol. The Balaban J connectivity index is 1.01. The summed E-state index contributed by atoms with van der Waals surface area (Å²) in [6, 6.07) is 106. The van der Waals surface area contributed by atoms with Crippen molar-refractivity contribution in [1.82, 2.24) is 0 Å². The van der Waals surface area contributed by atoms with Gasteiger partial charge in [-0.2, -0.15) is 0 Å². The van der Waals surface area contributed by atoms with E-state index in [1.54, 1.807) is 0 Å². The van der Waals surface area contributed by atoms with Gasteiger partial charge in [0.15, 0.2) is 23.4 Å². The van der Waals surface area contributed by atoms with Crippen LogP contribution in [0.2, 0.25) is 0 Å². The third-order valence-corrected chi connectivity index (χ3v) is 28.6. The van der Waals surface area contributed by atoms with Gasteiger partial charge < -0.3 is 9.80 Å².